The fraction of sp³-hybridized carbons (Fsp3) is 0.667. The van der Waals surface area contributed by atoms with E-state index >= 15 is 0 Å². The molecule has 112 valence electrons. The summed E-state index contributed by atoms with van der Waals surface area (Å²) in [4.78, 5) is 2.54. The molecular weight excluding hydrogens is 244 g/mol. The monoisotopic (exact) mass is 274 g/mol. The van der Waals surface area contributed by atoms with Crippen LogP contribution in [0.25, 0.3) is 0 Å². The average Bonchev–Trinajstić information content (AvgIpc) is 2.99. The van der Waals surface area contributed by atoms with Crippen LogP contribution in [-0.2, 0) is 0 Å². The van der Waals surface area contributed by atoms with Crippen molar-refractivity contribution in [2.24, 2.45) is 0 Å². The van der Waals surface area contributed by atoms with Crippen molar-refractivity contribution in [3.63, 3.8) is 0 Å². The van der Waals surface area contributed by atoms with Crippen molar-refractivity contribution in [3.05, 3.63) is 35.4 Å². The van der Waals surface area contributed by atoms with Gasteiger partial charge in [-0.15, -0.1) is 0 Å². The molecule has 20 heavy (non-hydrogen) atoms. The Morgan fingerprint density at radius 2 is 1.85 bits per heavy atom. The maximum absolute atomic E-state index is 3.72. The first-order chi connectivity index (χ1) is 9.70. The molecule has 1 unspecified atom stereocenters. The molecule has 0 bridgehead atoms. The Balaban J connectivity index is 1.77. The molecule has 1 aliphatic carbocycles. The van der Waals surface area contributed by atoms with E-state index < -0.39 is 0 Å². The van der Waals surface area contributed by atoms with Gasteiger partial charge in [-0.05, 0) is 38.8 Å². The van der Waals surface area contributed by atoms with Crippen LogP contribution in [0.15, 0.2) is 24.3 Å². The summed E-state index contributed by atoms with van der Waals surface area (Å²) in [6.07, 6.45) is 6.78. The Morgan fingerprint density at radius 1 is 1.20 bits per heavy atom. The summed E-state index contributed by atoms with van der Waals surface area (Å²) in [5.74, 6) is 0. The average molecular weight is 274 g/mol. The molecule has 0 aliphatic heterocycles. The molecule has 0 spiro atoms. The molecule has 0 aromatic heterocycles. The first kappa shape index (κ1) is 15.5. The number of hydrogen-bond acceptors (Lipinski definition) is 2. The third kappa shape index (κ3) is 4.32. The van der Waals surface area contributed by atoms with Gasteiger partial charge in [0.05, 0.1) is 0 Å². The second kappa shape index (κ2) is 7.80. The van der Waals surface area contributed by atoms with Crippen LogP contribution in [0.5, 0.6) is 0 Å². The molecule has 2 rings (SSSR count). The molecule has 1 N–H and O–H groups in total. The maximum Gasteiger partial charge on any atom is 0.0318 e. The minimum Gasteiger partial charge on any atom is -0.309 e. The van der Waals surface area contributed by atoms with E-state index in [0.29, 0.717) is 6.04 Å². The third-order valence-corrected chi connectivity index (χ3v) is 4.69. The smallest absolute Gasteiger partial charge is 0.0318 e. The summed E-state index contributed by atoms with van der Waals surface area (Å²) in [5, 5.41) is 3.72. The second-order valence-corrected chi connectivity index (χ2v) is 6.24. The molecule has 0 heterocycles. The van der Waals surface area contributed by atoms with E-state index in [9.17, 15) is 0 Å². The minimum absolute atomic E-state index is 0.493. The molecule has 0 saturated heterocycles. The lowest BCUT2D eigenvalue weighted by molar-refractivity contribution is 0.242. The number of aryl methyl sites for hydroxylation is 1. The zero-order valence-electron chi connectivity index (χ0n) is 13.4. The standard InChI is InChI=1S/C18H30N2/c1-4-18(16-11-9-15(2)10-12-16)19-13-14-20(3)17-7-5-6-8-17/h9-12,17-19H,4-8,13-14H2,1-3H3. The molecule has 0 amide bonds. The summed E-state index contributed by atoms with van der Waals surface area (Å²) in [5.41, 5.74) is 2.76. The number of likely N-dealkylation sites (N-methyl/N-ethyl adjacent to an activating group) is 1. The predicted molar refractivity (Wildman–Crippen MR) is 87.1 cm³/mol. The summed E-state index contributed by atoms with van der Waals surface area (Å²) in [7, 11) is 2.28. The van der Waals surface area contributed by atoms with Crippen molar-refractivity contribution < 1.29 is 0 Å². The van der Waals surface area contributed by atoms with Crippen molar-refractivity contribution in [1.82, 2.24) is 10.2 Å². The highest BCUT2D eigenvalue weighted by Crippen LogP contribution is 2.22. The number of benzene rings is 1. The first-order valence-electron chi connectivity index (χ1n) is 8.21. The maximum atomic E-state index is 3.72. The van der Waals surface area contributed by atoms with Gasteiger partial charge in [0.25, 0.3) is 0 Å². The van der Waals surface area contributed by atoms with E-state index in [1.54, 1.807) is 0 Å². The lowest BCUT2D eigenvalue weighted by Crippen LogP contribution is -2.36. The summed E-state index contributed by atoms with van der Waals surface area (Å²) in [6, 6.07) is 10.3. The van der Waals surface area contributed by atoms with Gasteiger partial charge in [0, 0.05) is 25.2 Å². The fourth-order valence-corrected chi connectivity index (χ4v) is 3.24. The van der Waals surface area contributed by atoms with E-state index in [2.05, 4.69) is 55.4 Å². The van der Waals surface area contributed by atoms with Crippen molar-refractivity contribution in [2.75, 3.05) is 20.1 Å². The highest BCUT2D eigenvalue weighted by Gasteiger charge is 2.19. The molecule has 1 saturated carbocycles. The quantitative estimate of drug-likeness (QED) is 0.811. The van der Waals surface area contributed by atoms with Crippen LogP contribution < -0.4 is 5.32 Å². The molecule has 0 radical (unpaired) electrons. The Hall–Kier alpha value is -0.860. The van der Waals surface area contributed by atoms with Gasteiger partial charge in [-0.2, -0.15) is 0 Å². The van der Waals surface area contributed by atoms with Crippen LogP contribution in [0.2, 0.25) is 0 Å². The Bertz CT molecular complexity index is 379. The summed E-state index contributed by atoms with van der Waals surface area (Å²) in [6.45, 7) is 6.65. The minimum atomic E-state index is 0.493. The molecule has 1 atom stereocenters. The SMILES string of the molecule is CCC(NCCN(C)C1CCCC1)c1ccc(C)cc1. The molecule has 1 aliphatic rings. The van der Waals surface area contributed by atoms with Gasteiger partial charge in [0.2, 0.25) is 0 Å². The number of nitrogens with zero attached hydrogens (tertiary/aromatic N) is 1. The highest BCUT2D eigenvalue weighted by molar-refractivity contribution is 5.24. The van der Waals surface area contributed by atoms with E-state index in [1.807, 2.05) is 0 Å². The second-order valence-electron chi connectivity index (χ2n) is 6.24. The van der Waals surface area contributed by atoms with E-state index in [0.717, 1.165) is 25.6 Å². The van der Waals surface area contributed by atoms with Crippen molar-refractivity contribution in [1.29, 1.82) is 0 Å². The van der Waals surface area contributed by atoms with Crippen LogP contribution in [0, 0.1) is 6.92 Å². The van der Waals surface area contributed by atoms with Crippen LogP contribution in [0.1, 0.15) is 56.2 Å². The fourth-order valence-electron chi connectivity index (χ4n) is 3.24. The molecule has 1 fully saturated rings. The molecule has 1 aromatic rings. The Morgan fingerprint density at radius 3 is 2.45 bits per heavy atom. The van der Waals surface area contributed by atoms with Crippen LogP contribution in [0.4, 0.5) is 0 Å². The summed E-state index contributed by atoms with van der Waals surface area (Å²) >= 11 is 0. The van der Waals surface area contributed by atoms with Crippen molar-refractivity contribution in [2.45, 2.75) is 58.0 Å². The molecular formula is C18H30N2. The molecule has 1 aromatic carbocycles. The Labute approximate surface area is 124 Å². The number of hydrogen-bond donors (Lipinski definition) is 1. The highest BCUT2D eigenvalue weighted by atomic mass is 15.1. The lowest BCUT2D eigenvalue weighted by atomic mass is 10.0. The van der Waals surface area contributed by atoms with Crippen LogP contribution in [-0.4, -0.2) is 31.1 Å². The zero-order valence-corrected chi connectivity index (χ0v) is 13.4. The summed E-state index contributed by atoms with van der Waals surface area (Å²) < 4.78 is 0. The van der Waals surface area contributed by atoms with Gasteiger partial charge in [-0.3, -0.25) is 0 Å². The lowest BCUT2D eigenvalue weighted by Gasteiger charge is -2.25. The van der Waals surface area contributed by atoms with E-state index in [4.69, 9.17) is 0 Å². The van der Waals surface area contributed by atoms with E-state index in [1.165, 1.54) is 36.8 Å². The topological polar surface area (TPSA) is 15.3 Å². The van der Waals surface area contributed by atoms with Gasteiger partial charge in [-0.1, -0.05) is 49.6 Å². The van der Waals surface area contributed by atoms with Gasteiger partial charge in [0.15, 0.2) is 0 Å². The normalized spacial score (nSPS) is 17.8. The first-order valence-corrected chi connectivity index (χ1v) is 8.21. The largest absolute Gasteiger partial charge is 0.309 e. The van der Waals surface area contributed by atoms with Gasteiger partial charge < -0.3 is 10.2 Å². The third-order valence-electron chi connectivity index (χ3n) is 4.69. The molecule has 2 nitrogen and oxygen atoms in total. The van der Waals surface area contributed by atoms with Gasteiger partial charge in [0.1, 0.15) is 0 Å². The van der Waals surface area contributed by atoms with Gasteiger partial charge >= 0.3 is 0 Å². The predicted octanol–water partition coefficient (Wildman–Crippen LogP) is 3.91. The van der Waals surface area contributed by atoms with Crippen molar-refractivity contribution >= 4 is 0 Å². The van der Waals surface area contributed by atoms with E-state index in [-0.39, 0.29) is 0 Å². The van der Waals surface area contributed by atoms with Crippen molar-refractivity contribution in [3.8, 4) is 0 Å². The van der Waals surface area contributed by atoms with Gasteiger partial charge in [-0.25, -0.2) is 0 Å². The molecule has 2 heteroatoms. The number of rotatable bonds is 7. The number of nitrogens with one attached hydrogen (secondary N) is 1. The Kier molecular flexibility index (Phi) is 6.06. The zero-order chi connectivity index (χ0) is 14.4. The van der Waals surface area contributed by atoms with Crippen LogP contribution >= 0.6 is 0 Å². The van der Waals surface area contributed by atoms with Crippen LogP contribution in [0.3, 0.4) is 0 Å².